The van der Waals surface area contributed by atoms with Gasteiger partial charge in [-0.1, -0.05) is 54.1 Å². The highest BCUT2D eigenvalue weighted by Gasteiger charge is 2.08. The number of halogens is 1. The first-order chi connectivity index (χ1) is 12.7. The minimum Gasteiger partial charge on any atom is -0.354 e. The minimum absolute atomic E-state index is 0.242. The minimum atomic E-state index is -0.242. The van der Waals surface area contributed by atoms with Gasteiger partial charge in [-0.05, 0) is 35.7 Å². The van der Waals surface area contributed by atoms with E-state index >= 15 is 0 Å². The van der Waals surface area contributed by atoms with Crippen molar-refractivity contribution in [3.05, 3.63) is 88.7 Å². The van der Waals surface area contributed by atoms with Gasteiger partial charge in [-0.3, -0.25) is 4.79 Å². The molecule has 1 heterocycles. The Morgan fingerprint density at radius 3 is 2.50 bits per heavy atom. The lowest BCUT2D eigenvalue weighted by molar-refractivity contribution is 0.0946. The smallest absolute Gasteiger partial charge is 0.270 e. The lowest BCUT2D eigenvalue weighted by Gasteiger charge is -2.08. The number of hydrogen-bond acceptors (Lipinski definition) is 4. The van der Waals surface area contributed by atoms with Crippen LogP contribution in [0.2, 0.25) is 5.02 Å². The van der Waals surface area contributed by atoms with E-state index in [1.807, 2.05) is 30.3 Å². The fraction of sp³-hybridized carbons (Fsp3) is 0.150. The quantitative estimate of drug-likeness (QED) is 0.668. The van der Waals surface area contributed by atoms with Gasteiger partial charge >= 0.3 is 0 Å². The van der Waals surface area contributed by atoms with Crippen LogP contribution in [-0.4, -0.2) is 22.4 Å². The fourth-order valence-corrected chi connectivity index (χ4v) is 2.53. The summed E-state index contributed by atoms with van der Waals surface area (Å²) in [6.45, 7) is 1.11. The van der Waals surface area contributed by atoms with Gasteiger partial charge in [0.05, 0.1) is 0 Å². The zero-order valence-electron chi connectivity index (χ0n) is 14.2. The predicted molar refractivity (Wildman–Crippen MR) is 103 cm³/mol. The number of nitrogens with one attached hydrogen (secondary N) is 2. The van der Waals surface area contributed by atoms with Gasteiger partial charge in [0.1, 0.15) is 5.69 Å². The highest BCUT2D eigenvalue weighted by Crippen LogP contribution is 2.09. The molecule has 0 unspecified atom stereocenters. The second kappa shape index (κ2) is 8.97. The third-order valence-corrected chi connectivity index (χ3v) is 4.05. The van der Waals surface area contributed by atoms with E-state index in [1.165, 1.54) is 5.56 Å². The highest BCUT2D eigenvalue weighted by molar-refractivity contribution is 6.30. The monoisotopic (exact) mass is 366 g/mol. The van der Waals surface area contributed by atoms with E-state index in [4.69, 9.17) is 11.6 Å². The average Bonchev–Trinajstić information content (AvgIpc) is 2.68. The molecule has 0 bridgehead atoms. The van der Waals surface area contributed by atoms with Crippen LogP contribution in [0.1, 0.15) is 21.6 Å². The van der Waals surface area contributed by atoms with Crippen molar-refractivity contribution in [1.29, 1.82) is 0 Å². The van der Waals surface area contributed by atoms with Crippen LogP contribution in [0.3, 0.4) is 0 Å². The molecule has 0 radical (unpaired) electrons. The summed E-state index contributed by atoms with van der Waals surface area (Å²) >= 11 is 5.86. The Morgan fingerprint density at radius 1 is 0.962 bits per heavy atom. The van der Waals surface area contributed by atoms with Crippen LogP contribution in [0.25, 0.3) is 0 Å². The fourth-order valence-electron chi connectivity index (χ4n) is 2.41. The first-order valence-corrected chi connectivity index (χ1v) is 8.72. The summed E-state index contributed by atoms with van der Waals surface area (Å²) in [7, 11) is 0. The first-order valence-electron chi connectivity index (χ1n) is 8.34. The molecule has 0 aliphatic carbocycles. The van der Waals surface area contributed by atoms with Gasteiger partial charge in [-0.25, -0.2) is 9.97 Å². The molecule has 0 aliphatic rings. The molecule has 0 fully saturated rings. The molecule has 1 aromatic heterocycles. The molecule has 3 aromatic rings. The second-order valence-corrected chi connectivity index (χ2v) is 6.17. The van der Waals surface area contributed by atoms with Crippen LogP contribution in [0.5, 0.6) is 0 Å². The number of nitrogens with zero attached hydrogens (tertiary/aromatic N) is 2. The zero-order valence-corrected chi connectivity index (χ0v) is 14.9. The van der Waals surface area contributed by atoms with Gasteiger partial charge in [0.25, 0.3) is 5.91 Å². The molecule has 0 atom stereocenters. The molecule has 3 rings (SSSR count). The summed E-state index contributed by atoms with van der Waals surface area (Å²) in [5, 5.41) is 6.66. The molecular formula is C20H19ClN4O. The van der Waals surface area contributed by atoms with Crippen LogP contribution < -0.4 is 10.6 Å². The van der Waals surface area contributed by atoms with Gasteiger partial charge in [0.15, 0.2) is 0 Å². The standard InChI is InChI=1S/C20H19ClN4O/c21-17-8-6-16(7-9-17)14-24-19(26)18-11-13-23-20(25-18)22-12-10-15-4-2-1-3-5-15/h1-9,11,13H,10,12,14H2,(H,24,26)(H,22,23,25). The molecule has 132 valence electrons. The number of rotatable bonds is 7. The molecule has 0 saturated heterocycles. The summed E-state index contributed by atoms with van der Waals surface area (Å²) in [5.74, 6) is 0.202. The van der Waals surface area contributed by atoms with E-state index in [9.17, 15) is 4.79 Å². The van der Waals surface area contributed by atoms with Gasteiger partial charge in [0.2, 0.25) is 5.95 Å². The third-order valence-electron chi connectivity index (χ3n) is 3.79. The van der Waals surface area contributed by atoms with Crippen LogP contribution >= 0.6 is 11.6 Å². The molecule has 0 saturated carbocycles. The van der Waals surface area contributed by atoms with Crippen molar-refractivity contribution in [3.8, 4) is 0 Å². The highest BCUT2D eigenvalue weighted by atomic mass is 35.5. The predicted octanol–water partition coefficient (Wildman–Crippen LogP) is 3.71. The molecular weight excluding hydrogens is 348 g/mol. The van der Waals surface area contributed by atoms with Gasteiger partial charge in [-0.2, -0.15) is 0 Å². The number of anilines is 1. The largest absolute Gasteiger partial charge is 0.354 e. The molecule has 5 nitrogen and oxygen atoms in total. The van der Waals surface area contributed by atoms with E-state index in [0.29, 0.717) is 29.8 Å². The maximum atomic E-state index is 12.3. The number of carbonyl (C=O) groups excluding carboxylic acids is 1. The Balaban J connectivity index is 1.52. The molecule has 2 aromatic carbocycles. The summed E-state index contributed by atoms with van der Waals surface area (Å²) < 4.78 is 0. The van der Waals surface area contributed by atoms with Crippen molar-refractivity contribution in [1.82, 2.24) is 15.3 Å². The van der Waals surface area contributed by atoms with E-state index < -0.39 is 0 Å². The van der Waals surface area contributed by atoms with Crippen molar-refractivity contribution in [2.75, 3.05) is 11.9 Å². The maximum Gasteiger partial charge on any atom is 0.270 e. The van der Waals surface area contributed by atoms with E-state index in [1.54, 1.807) is 24.4 Å². The third kappa shape index (κ3) is 5.29. The summed E-state index contributed by atoms with van der Waals surface area (Å²) in [6.07, 6.45) is 2.44. The Bertz CT molecular complexity index is 853. The van der Waals surface area contributed by atoms with Crippen LogP contribution in [0.15, 0.2) is 66.9 Å². The van der Waals surface area contributed by atoms with Crippen LogP contribution in [-0.2, 0) is 13.0 Å². The number of amides is 1. The second-order valence-electron chi connectivity index (χ2n) is 5.74. The summed E-state index contributed by atoms with van der Waals surface area (Å²) in [4.78, 5) is 20.7. The molecule has 2 N–H and O–H groups in total. The van der Waals surface area contributed by atoms with E-state index in [-0.39, 0.29) is 5.91 Å². The molecule has 0 aliphatic heterocycles. The lowest BCUT2D eigenvalue weighted by Crippen LogP contribution is -2.24. The van der Waals surface area contributed by atoms with Crippen molar-refractivity contribution in [2.24, 2.45) is 0 Å². The summed E-state index contributed by atoms with van der Waals surface area (Å²) in [6, 6.07) is 19.1. The maximum absolute atomic E-state index is 12.3. The Hall–Kier alpha value is -2.92. The summed E-state index contributed by atoms with van der Waals surface area (Å²) in [5.41, 5.74) is 2.53. The SMILES string of the molecule is O=C(NCc1ccc(Cl)cc1)c1ccnc(NCCc2ccccc2)n1. The zero-order chi connectivity index (χ0) is 18.2. The van der Waals surface area contributed by atoms with E-state index in [0.717, 1.165) is 12.0 Å². The number of benzene rings is 2. The van der Waals surface area contributed by atoms with Crippen molar-refractivity contribution in [3.63, 3.8) is 0 Å². The number of carbonyl (C=O) groups is 1. The normalized spacial score (nSPS) is 10.3. The topological polar surface area (TPSA) is 66.9 Å². The van der Waals surface area contributed by atoms with E-state index in [2.05, 4.69) is 32.7 Å². The molecule has 0 spiro atoms. The number of aromatic nitrogens is 2. The van der Waals surface area contributed by atoms with Crippen LogP contribution in [0.4, 0.5) is 5.95 Å². The van der Waals surface area contributed by atoms with Crippen molar-refractivity contribution < 1.29 is 4.79 Å². The molecule has 1 amide bonds. The van der Waals surface area contributed by atoms with Gasteiger partial charge < -0.3 is 10.6 Å². The van der Waals surface area contributed by atoms with Crippen molar-refractivity contribution >= 4 is 23.5 Å². The molecule has 6 heteroatoms. The Morgan fingerprint density at radius 2 is 1.73 bits per heavy atom. The number of hydrogen-bond donors (Lipinski definition) is 2. The van der Waals surface area contributed by atoms with Crippen LogP contribution in [0, 0.1) is 0 Å². The Kier molecular flexibility index (Phi) is 6.17. The Labute approximate surface area is 157 Å². The van der Waals surface area contributed by atoms with Gasteiger partial charge in [-0.15, -0.1) is 0 Å². The molecule has 26 heavy (non-hydrogen) atoms. The lowest BCUT2D eigenvalue weighted by atomic mass is 10.1. The average molecular weight is 367 g/mol. The first kappa shape index (κ1) is 17.9. The van der Waals surface area contributed by atoms with Gasteiger partial charge in [0, 0.05) is 24.3 Å². The van der Waals surface area contributed by atoms with Crippen molar-refractivity contribution in [2.45, 2.75) is 13.0 Å².